The Balaban J connectivity index is 0.916. The Morgan fingerprint density at radius 1 is 0.689 bits per heavy atom. The van der Waals surface area contributed by atoms with Crippen molar-refractivity contribution in [2.24, 2.45) is 46.3 Å². The van der Waals surface area contributed by atoms with Crippen LogP contribution in [0.1, 0.15) is 99.3 Å². The molecule has 9 rings (SSSR count). The fraction of sp³-hybridized carbons (Fsp3) is 0.956. The molecule has 61 heavy (non-hydrogen) atoms. The number of allylic oxidation sites excluding steroid dienone is 1. The first kappa shape index (κ1) is 45.3. The van der Waals surface area contributed by atoms with Crippen molar-refractivity contribution in [1.29, 1.82) is 0 Å². The summed E-state index contributed by atoms with van der Waals surface area (Å²) in [6.07, 6.45) is -10.4. The number of hydrogen-bond donors (Lipinski definition) is 8. The largest absolute Gasteiger partial charge is 0.394 e. The molecule has 348 valence electrons. The molecule has 0 radical (unpaired) electrons. The third-order valence-corrected chi connectivity index (χ3v) is 17.6. The smallest absolute Gasteiger partial charge is 0.187 e. The molecule has 8 N–H and O–H groups in total. The molecule has 16 nitrogen and oxygen atoms in total. The Kier molecular flexibility index (Phi) is 12.4. The Bertz CT molecular complexity index is 1590. The number of fused-ring (bicyclic) bond motifs is 7. The molecule has 5 aliphatic heterocycles. The highest BCUT2D eigenvalue weighted by Crippen LogP contribution is 2.70. The SMILES string of the molecule is CC1CC[C@@]2(OC1)OC1CC3C4CC=C5CC(OC6OC(CO)C(OC7OC(C)C(O)C(O)C7O)C(O)C6OC6OC(C)C(O)C(O)C6O)CC[C@]5(C)C4CC[C@]3(C)C1C2C. The van der Waals surface area contributed by atoms with Crippen LogP contribution in [0.15, 0.2) is 11.6 Å². The predicted octanol–water partition coefficient (Wildman–Crippen LogP) is 1.24. The lowest BCUT2D eigenvalue weighted by Gasteiger charge is -2.58. The number of aliphatic hydroxyl groups is 8. The Morgan fingerprint density at radius 3 is 1.97 bits per heavy atom. The van der Waals surface area contributed by atoms with Gasteiger partial charge in [-0.25, -0.2) is 0 Å². The maximum Gasteiger partial charge on any atom is 0.187 e. The minimum absolute atomic E-state index is 0.0171. The molecule has 9 aliphatic rings. The van der Waals surface area contributed by atoms with E-state index in [1.165, 1.54) is 25.8 Å². The summed E-state index contributed by atoms with van der Waals surface area (Å²) in [5.41, 5.74) is 1.53. The lowest BCUT2D eigenvalue weighted by molar-refractivity contribution is -0.388. The van der Waals surface area contributed by atoms with Gasteiger partial charge < -0.3 is 78.7 Å². The van der Waals surface area contributed by atoms with E-state index < -0.39 is 105 Å². The van der Waals surface area contributed by atoms with E-state index in [1.54, 1.807) is 0 Å². The summed E-state index contributed by atoms with van der Waals surface area (Å²) < 4.78 is 50.1. The maximum absolute atomic E-state index is 12.0. The van der Waals surface area contributed by atoms with Gasteiger partial charge in [-0.2, -0.15) is 0 Å². The Hall–Kier alpha value is -0.900. The average Bonchev–Trinajstić information content (AvgIpc) is 3.69. The third-order valence-electron chi connectivity index (χ3n) is 17.6. The highest BCUT2D eigenvalue weighted by atomic mass is 16.8. The van der Waals surface area contributed by atoms with Gasteiger partial charge in [0.25, 0.3) is 0 Å². The molecule has 0 aromatic rings. The van der Waals surface area contributed by atoms with Crippen LogP contribution in [0.4, 0.5) is 0 Å². The molecule has 0 amide bonds. The van der Waals surface area contributed by atoms with Gasteiger partial charge in [0.15, 0.2) is 24.7 Å². The molecule has 3 saturated carbocycles. The van der Waals surface area contributed by atoms with Crippen molar-refractivity contribution in [3.05, 3.63) is 11.6 Å². The maximum atomic E-state index is 12.0. The molecule has 0 bridgehead atoms. The molecule has 23 unspecified atom stereocenters. The summed E-state index contributed by atoms with van der Waals surface area (Å²) in [4.78, 5) is 0. The zero-order valence-electron chi connectivity index (χ0n) is 36.5. The number of rotatable bonds is 7. The van der Waals surface area contributed by atoms with Gasteiger partial charge in [-0.1, -0.05) is 39.3 Å². The molecule has 0 aromatic heterocycles. The molecule has 1 spiro atoms. The summed E-state index contributed by atoms with van der Waals surface area (Å²) in [5.74, 6) is 2.64. The minimum atomic E-state index is -1.71. The lowest BCUT2D eigenvalue weighted by Crippen LogP contribution is -2.66. The molecular formula is C45H72O16. The summed E-state index contributed by atoms with van der Waals surface area (Å²) in [6, 6.07) is 0. The van der Waals surface area contributed by atoms with E-state index >= 15 is 0 Å². The van der Waals surface area contributed by atoms with E-state index in [9.17, 15) is 40.9 Å². The molecule has 26 atom stereocenters. The van der Waals surface area contributed by atoms with Gasteiger partial charge in [0.2, 0.25) is 0 Å². The Labute approximate surface area is 358 Å². The van der Waals surface area contributed by atoms with Crippen LogP contribution in [-0.2, 0) is 37.9 Å². The molecule has 16 heteroatoms. The highest BCUT2D eigenvalue weighted by molar-refractivity contribution is 5.26. The van der Waals surface area contributed by atoms with Gasteiger partial charge in [-0.05, 0) is 106 Å². The fourth-order valence-electron chi connectivity index (χ4n) is 14.0. The predicted molar refractivity (Wildman–Crippen MR) is 213 cm³/mol. The zero-order valence-corrected chi connectivity index (χ0v) is 36.5. The topological polar surface area (TPSA) is 236 Å². The summed E-state index contributed by atoms with van der Waals surface area (Å²) in [5, 5.41) is 85.9. The van der Waals surface area contributed by atoms with Crippen LogP contribution in [0.25, 0.3) is 0 Å². The van der Waals surface area contributed by atoms with Crippen molar-refractivity contribution in [1.82, 2.24) is 0 Å². The molecule has 5 saturated heterocycles. The van der Waals surface area contributed by atoms with E-state index in [-0.39, 0.29) is 23.0 Å². The molecule has 8 fully saturated rings. The van der Waals surface area contributed by atoms with Gasteiger partial charge in [-0.15, -0.1) is 0 Å². The lowest BCUT2D eigenvalue weighted by atomic mass is 9.47. The van der Waals surface area contributed by atoms with Crippen LogP contribution in [0.3, 0.4) is 0 Å². The van der Waals surface area contributed by atoms with Crippen LogP contribution in [0, 0.1) is 46.3 Å². The minimum Gasteiger partial charge on any atom is -0.394 e. The van der Waals surface area contributed by atoms with Crippen molar-refractivity contribution in [3.63, 3.8) is 0 Å². The van der Waals surface area contributed by atoms with E-state index in [2.05, 4.69) is 33.8 Å². The van der Waals surface area contributed by atoms with Crippen molar-refractivity contribution in [3.8, 4) is 0 Å². The van der Waals surface area contributed by atoms with Gasteiger partial charge in [0.05, 0.1) is 37.6 Å². The second kappa shape index (κ2) is 16.8. The quantitative estimate of drug-likeness (QED) is 0.168. The molecular weight excluding hydrogens is 796 g/mol. The fourth-order valence-corrected chi connectivity index (χ4v) is 14.0. The monoisotopic (exact) mass is 868 g/mol. The number of ether oxygens (including phenoxy) is 8. The number of aliphatic hydroxyl groups excluding tert-OH is 8. The highest BCUT2D eigenvalue weighted by Gasteiger charge is 2.69. The normalized spacial score (nSPS) is 58.4. The second-order valence-corrected chi connectivity index (χ2v) is 21.1. The van der Waals surface area contributed by atoms with Crippen LogP contribution in [0.2, 0.25) is 0 Å². The third kappa shape index (κ3) is 7.42. The average molecular weight is 869 g/mol. The summed E-state index contributed by atoms with van der Waals surface area (Å²) in [7, 11) is 0. The summed E-state index contributed by atoms with van der Waals surface area (Å²) >= 11 is 0. The van der Waals surface area contributed by atoms with E-state index in [0.717, 1.165) is 45.1 Å². The van der Waals surface area contributed by atoms with Crippen LogP contribution >= 0.6 is 0 Å². The first-order chi connectivity index (χ1) is 28.9. The van der Waals surface area contributed by atoms with Crippen molar-refractivity contribution in [2.75, 3.05) is 13.2 Å². The van der Waals surface area contributed by atoms with E-state index in [1.807, 2.05) is 0 Å². The van der Waals surface area contributed by atoms with Gasteiger partial charge in [-0.3, -0.25) is 0 Å². The first-order valence-corrected chi connectivity index (χ1v) is 23.2. The Morgan fingerprint density at radius 2 is 1.34 bits per heavy atom. The molecule has 0 aromatic carbocycles. The van der Waals surface area contributed by atoms with Crippen molar-refractivity contribution >= 4 is 0 Å². The zero-order chi connectivity index (χ0) is 43.5. The van der Waals surface area contributed by atoms with Gasteiger partial charge in [0, 0.05) is 12.3 Å². The number of hydrogen-bond acceptors (Lipinski definition) is 16. The van der Waals surface area contributed by atoms with Crippen molar-refractivity contribution < 1.29 is 78.7 Å². The van der Waals surface area contributed by atoms with E-state index in [0.29, 0.717) is 48.3 Å². The van der Waals surface area contributed by atoms with Gasteiger partial charge >= 0.3 is 0 Å². The summed E-state index contributed by atoms with van der Waals surface area (Å²) in [6.45, 7) is 12.7. The van der Waals surface area contributed by atoms with Crippen LogP contribution in [0.5, 0.6) is 0 Å². The first-order valence-electron chi connectivity index (χ1n) is 23.2. The second-order valence-electron chi connectivity index (χ2n) is 21.1. The van der Waals surface area contributed by atoms with Crippen LogP contribution in [-0.4, -0.2) is 164 Å². The standard InChI is InChI=1S/C45H72O16/c1-19-9-14-45(54-18-19)20(2)30-28(61-45)16-27-25-8-7-23-15-24(10-12-43(23,5)26(25)11-13-44(27,30)6)57-42-39(60-41-36(52)34(50)32(48)22(4)56-41)37(53)38(29(17-46)58-42)59-40-35(51)33(49)31(47)21(3)55-40/h7,19-22,24-42,46-53H,8-18H2,1-6H3/t19?,20?,21?,22?,24?,25?,26?,27?,28?,29?,30?,31?,32?,33?,34?,35?,36?,37?,38?,39?,40?,41?,42?,43-,44-,45+/m0/s1. The van der Waals surface area contributed by atoms with Gasteiger partial charge in [0.1, 0.15) is 61.0 Å². The van der Waals surface area contributed by atoms with Crippen LogP contribution < -0.4 is 0 Å². The van der Waals surface area contributed by atoms with Crippen molar-refractivity contribution in [2.45, 2.75) is 209 Å². The molecule has 5 heterocycles. The molecule has 4 aliphatic carbocycles. The van der Waals surface area contributed by atoms with E-state index in [4.69, 9.17) is 37.9 Å².